The van der Waals surface area contributed by atoms with Crippen LogP contribution in [-0.4, -0.2) is 41.1 Å². The molecule has 0 radical (unpaired) electrons. The zero-order valence-corrected chi connectivity index (χ0v) is 75.9. The highest BCUT2D eigenvalue weighted by Gasteiger charge is 2.06. The highest BCUT2D eigenvalue weighted by atomic mass is 15.0. The first-order valence-electron chi connectivity index (χ1n) is 40.0. The van der Waals surface area contributed by atoms with Crippen LogP contribution in [0.3, 0.4) is 0 Å². The highest BCUT2D eigenvalue weighted by molar-refractivity contribution is 5.89. The standard InChI is InChI=1S/C11H13N.C11H11N.2C10H11N.C9H9N.3C7H11N.C6H9N.10C2H6/c1-8-9(2)12(3)11-7-5-4-6-10(8)11;1-3-9-8-12(2)11-7-5-4-6-10(9)11;2*1-8-7-11(2)10-6-4-3-5-9(8)10;1-10-7-6-8-4-2-3-5-9(8)10;1-6-4-8(3)5-7(6)2;2*1-6-4-5-7(2)8(6)3;1-6-4-3-5-7(6)2;10*1-2/h4-7H,1-3H3;3-8H,1H2,2H3;2*3-7H,1-2H3;2-7H,1H3;3*4-5H,1-3H3;3-5H,1-2H3;10*1-2H3. The Morgan fingerprint density at radius 3 is 0.841 bits per heavy atom. The van der Waals surface area contributed by atoms with Crippen molar-refractivity contribution in [3.8, 4) is 0 Å². The van der Waals surface area contributed by atoms with Gasteiger partial charge < -0.3 is 41.1 Å². The number of rotatable bonds is 1. The summed E-state index contributed by atoms with van der Waals surface area (Å²) >= 11 is 0. The number of aromatic nitrogens is 9. The zero-order valence-electron chi connectivity index (χ0n) is 75.9. The molecule has 0 atom stereocenters. The molecule has 0 bridgehead atoms. The van der Waals surface area contributed by atoms with Gasteiger partial charge in [0.05, 0.1) is 0 Å². The Bertz CT molecular complexity index is 4130. The molecule has 9 nitrogen and oxygen atoms in total. The number of aryl methyl sites for hydroxylation is 17. The lowest BCUT2D eigenvalue weighted by Crippen LogP contribution is -1.91. The molecule has 0 spiro atoms. The van der Waals surface area contributed by atoms with E-state index in [4.69, 9.17) is 0 Å². The minimum Gasteiger partial charge on any atom is -0.357 e. The van der Waals surface area contributed by atoms with Crippen LogP contribution >= 0.6 is 0 Å². The van der Waals surface area contributed by atoms with Crippen LogP contribution in [0.1, 0.15) is 206 Å². The predicted octanol–water partition coefficient (Wildman–Crippen LogP) is 29.3. The summed E-state index contributed by atoms with van der Waals surface area (Å²) in [5.41, 5.74) is 22.5. The third kappa shape index (κ3) is 35.3. The van der Waals surface area contributed by atoms with Gasteiger partial charge in [-0.05, 0) is 188 Å². The van der Waals surface area contributed by atoms with E-state index in [1.807, 2.05) is 171 Å². The molecule has 14 aromatic rings. The molecular weight excluding hydrogens is 1300 g/mol. The number of benzene rings is 5. The Labute approximate surface area is 657 Å². The van der Waals surface area contributed by atoms with Gasteiger partial charge in [0.2, 0.25) is 0 Å². The van der Waals surface area contributed by atoms with Gasteiger partial charge in [0.15, 0.2) is 0 Å². The largest absolute Gasteiger partial charge is 0.357 e. The molecule has 0 amide bonds. The summed E-state index contributed by atoms with van der Waals surface area (Å²) in [6.45, 7) is 67.1. The van der Waals surface area contributed by atoms with E-state index in [0.717, 1.165) is 0 Å². The summed E-state index contributed by atoms with van der Waals surface area (Å²) in [7, 11) is 18.6. The minimum absolute atomic E-state index is 1.20. The molecule has 0 unspecified atom stereocenters. The van der Waals surface area contributed by atoms with Crippen LogP contribution in [0.4, 0.5) is 0 Å². The molecule has 9 heteroatoms. The van der Waals surface area contributed by atoms with Crippen molar-refractivity contribution >= 4 is 60.6 Å². The summed E-state index contributed by atoms with van der Waals surface area (Å²) < 4.78 is 19.3. The van der Waals surface area contributed by atoms with Crippen LogP contribution in [0.15, 0.2) is 214 Å². The highest BCUT2D eigenvalue weighted by Crippen LogP contribution is 2.24. The van der Waals surface area contributed by atoms with Crippen molar-refractivity contribution in [2.24, 2.45) is 63.4 Å². The van der Waals surface area contributed by atoms with Crippen LogP contribution < -0.4 is 0 Å². The topological polar surface area (TPSA) is 44.4 Å². The molecular formula is C98H157N9. The Balaban J connectivity index is -0.000000355. The van der Waals surface area contributed by atoms with Crippen LogP contribution in [0, 0.1) is 76.2 Å². The SMILES string of the molecule is C=Cc1cn(C)c2ccccc12.CC.CC.CC.CC.CC.CC.CC.CC.CC.CC.Cc1c(C)n(C)c2ccccc12.Cc1ccc(C)n1C.Cc1ccc(C)n1C.Cc1cccn1C.Cc1cn(C)c2ccccc12.Cc1cn(C)c2ccccc12.Cc1cn(C)cc1C.Cn1ccc2ccccc21. The van der Waals surface area contributed by atoms with Crippen LogP contribution in [0.25, 0.3) is 60.6 Å². The van der Waals surface area contributed by atoms with Gasteiger partial charge in [0, 0.05) is 190 Å². The molecule has 5 aromatic carbocycles. The second-order valence-corrected chi connectivity index (χ2v) is 23.0. The van der Waals surface area contributed by atoms with Gasteiger partial charge >= 0.3 is 0 Å². The second kappa shape index (κ2) is 62.8. The molecule has 0 fully saturated rings. The summed E-state index contributed by atoms with van der Waals surface area (Å²) in [5.74, 6) is 0. The van der Waals surface area contributed by atoms with E-state index in [1.54, 1.807) is 0 Å². The van der Waals surface area contributed by atoms with E-state index in [-0.39, 0.29) is 0 Å². The number of hydrogen-bond acceptors (Lipinski definition) is 0. The molecule has 0 N–H and O–H groups in total. The van der Waals surface area contributed by atoms with Crippen molar-refractivity contribution < 1.29 is 0 Å². The van der Waals surface area contributed by atoms with Crippen molar-refractivity contribution in [3.63, 3.8) is 0 Å². The van der Waals surface area contributed by atoms with E-state index >= 15 is 0 Å². The van der Waals surface area contributed by atoms with E-state index in [9.17, 15) is 0 Å². The third-order valence-corrected chi connectivity index (χ3v) is 16.7. The maximum atomic E-state index is 3.78. The molecule has 0 aliphatic rings. The molecule has 107 heavy (non-hydrogen) atoms. The maximum Gasteiger partial charge on any atom is 0.0483 e. The summed E-state index contributed by atoms with van der Waals surface area (Å²) in [6.07, 6.45) is 16.7. The summed E-state index contributed by atoms with van der Waals surface area (Å²) in [5, 5.41) is 6.67. The monoisotopic (exact) mass is 1460 g/mol. The Morgan fingerprint density at radius 2 is 0.561 bits per heavy atom. The fourth-order valence-corrected chi connectivity index (χ4v) is 10.4. The van der Waals surface area contributed by atoms with Crippen LogP contribution in [0.5, 0.6) is 0 Å². The first-order valence-corrected chi connectivity index (χ1v) is 40.0. The van der Waals surface area contributed by atoms with Gasteiger partial charge in [0.25, 0.3) is 0 Å². The minimum atomic E-state index is 1.20. The first-order chi connectivity index (χ1) is 51.4. The summed E-state index contributed by atoms with van der Waals surface area (Å²) in [4.78, 5) is 0. The van der Waals surface area contributed by atoms with Crippen LogP contribution in [-0.2, 0) is 63.4 Å². The second-order valence-electron chi connectivity index (χ2n) is 23.0. The van der Waals surface area contributed by atoms with Gasteiger partial charge in [-0.25, -0.2) is 0 Å². The molecule has 0 saturated carbocycles. The predicted molar refractivity (Wildman–Crippen MR) is 492 cm³/mol. The van der Waals surface area contributed by atoms with Gasteiger partial charge in [-0.15, -0.1) is 0 Å². The van der Waals surface area contributed by atoms with E-state index in [2.05, 4.69) is 368 Å². The van der Waals surface area contributed by atoms with Crippen LogP contribution in [0.2, 0.25) is 0 Å². The lowest BCUT2D eigenvalue weighted by atomic mass is 10.2. The molecule has 0 saturated heterocycles. The Morgan fingerprint density at radius 1 is 0.243 bits per heavy atom. The van der Waals surface area contributed by atoms with Crippen molar-refractivity contribution in [3.05, 3.63) is 281 Å². The van der Waals surface area contributed by atoms with E-state index < -0.39 is 0 Å². The van der Waals surface area contributed by atoms with Crippen molar-refractivity contribution in [1.29, 1.82) is 0 Å². The fourth-order valence-electron chi connectivity index (χ4n) is 10.4. The molecule has 0 aliphatic heterocycles. The third-order valence-electron chi connectivity index (χ3n) is 16.7. The normalized spacial score (nSPS) is 8.97. The van der Waals surface area contributed by atoms with Gasteiger partial charge in [-0.3, -0.25) is 0 Å². The fraction of sp³-hybridized carbons (Fsp3) is 0.408. The first kappa shape index (κ1) is 106. The van der Waals surface area contributed by atoms with E-state index in [1.165, 1.54) is 122 Å². The molecule has 14 rings (SSSR count). The van der Waals surface area contributed by atoms with E-state index in [0.29, 0.717) is 0 Å². The number of nitrogens with zero attached hydrogens (tertiary/aromatic N) is 9. The Hall–Kier alpha value is -9.34. The Kier molecular flexibility index (Phi) is 62.4. The van der Waals surface area contributed by atoms with Gasteiger partial charge in [-0.2, -0.15) is 0 Å². The number of fused-ring (bicyclic) bond motifs is 5. The zero-order chi connectivity index (χ0) is 83.6. The van der Waals surface area contributed by atoms with Crippen molar-refractivity contribution in [2.75, 3.05) is 0 Å². The van der Waals surface area contributed by atoms with Gasteiger partial charge in [0.1, 0.15) is 0 Å². The molecule has 0 aliphatic carbocycles. The lowest BCUT2D eigenvalue weighted by Gasteiger charge is -1.96. The van der Waals surface area contributed by atoms with Crippen molar-refractivity contribution in [1.82, 2.24) is 41.1 Å². The molecule has 9 heterocycles. The smallest absolute Gasteiger partial charge is 0.0483 e. The maximum absolute atomic E-state index is 3.78. The number of hydrogen-bond donors (Lipinski definition) is 0. The van der Waals surface area contributed by atoms with Gasteiger partial charge in [-0.1, -0.05) is 242 Å². The molecule has 9 aromatic heterocycles. The van der Waals surface area contributed by atoms with Crippen molar-refractivity contribution in [2.45, 2.75) is 215 Å². The average molecular weight is 1460 g/mol. The number of para-hydroxylation sites is 5. The molecule has 594 valence electrons. The quantitative estimate of drug-likeness (QED) is 0.157. The summed E-state index contributed by atoms with van der Waals surface area (Å²) in [6, 6.07) is 56.8. The average Bonchev–Trinajstić information content (AvgIpc) is 1.66. The lowest BCUT2D eigenvalue weighted by molar-refractivity contribution is 0.844.